The van der Waals surface area contributed by atoms with E-state index in [1.807, 2.05) is 6.92 Å². The van der Waals surface area contributed by atoms with Gasteiger partial charge in [-0.25, -0.2) is 4.39 Å². The molecule has 1 unspecified atom stereocenters. The molecule has 0 saturated heterocycles. The molecule has 0 aliphatic carbocycles. The number of non-ortho nitro benzene ring substituents is 1. The van der Waals surface area contributed by atoms with Crippen molar-refractivity contribution in [2.75, 3.05) is 5.32 Å². The van der Waals surface area contributed by atoms with E-state index < -0.39 is 10.7 Å². The molecule has 5 nitrogen and oxygen atoms in total. The van der Waals surface area contributed by atoms with Gasteiger partial charge in [0.05, 0.1) is 22.9 Å². The summed E-state index contributed by atoms with van der Waals surface area (Å²) in [5.74, 6) is -0.397. The number of hydrogen-bond donors (Lipinski definition) is 1. The first-order chi connectivity index (χ1) is 9.06. The highest BCUT2D eigenvalue weighted by atomic mass is 19.1. The standard InChI is InChI=1S/C13H12FN3O2/c1-9(13-6-5-10(14)8-15-13)16-11-3-2-4-12(7-11)17(18)19/h2-9,16H,1H3. The lowest BCUT2D eigenvalue weighted by Gasteiger charge is -2.14. The fourth-order valence-corrected chi connectivity index (χ4v) is 1.68. The quantitative estimate of drug-likeness (QED) is 0.677. The summed E-state index contributed by atoms with van der Waals surface area (Å²) in [5, 5.41) is 13.8. The van der Waals surface area contributed by atoms with Crippen molar-refractivity contribution in [1.29, 1.82) is 0 Å². The van der Waals surface area contributed by atoms with Crippen LogP contribution in [0.3, 0.4) is 0 Å². The number of rotatable bonds is 4. The maximum Gasteiger partial charge on any atom is 0.271 e. The first-order valence-electron chi connectivity index (χ1n) is 5.68. The monoisotopic (exact) mass is 261 g/mol. The molecule has 98 valence electrons. The third kappa shape index (κ3) is 3.25. The van der Waals surface area contributed by atoms with Gasteiger partial charge in [-0.3, -0.25) is 15.1 Å². The molecule has 0 radical (unpaired) electrons. The molecule has 1 heterocycles. The predicted molar refractivity (Wildman–Crippen MR) is 69.3 cm³/mol. The lowest BCUT2D eigenvalue weighted by atomic mass is 10.2. The number of halogens is 1. The van der Waals surface area contributed by atoms with Gasteiger partial charge in [0.2, 0.25) is 0 Å². The number of hydrogen-bond acceptors (Lipinski definition) is 4. The Balaban J connectivity index is 2.14. The number of nitrogens with zero attached hydrogens (tertiary/aromatic N) is 2. The van der Waals surface area contributed by atoms with Gasteiger partial charge in [0.15, 0.2) is 0 Å². The Morgan fingerprint density at radius 3 is 2.79 bits per heavy atom. The SMILES string of the molecule is CC(Nc1cccc([N+](=O)[O-])c1)c1ccc(F)cn1. The van der Waals surface area contributed by atoms with E-state index in [4.69, 9.17) is 0 Å². The number of nitro benzene ring substituents is 1. The summed E-state index contributed by atoms with van der Waals surface area (Å²) >= 11 is 0. The van der Waals surface area contributed by atoms with Crippen LogP contribution in [0.2, 0.25) is 0 Å². The molecule has 0 aliphatic heterocycles. The number of nitro groups is 1. The molecular formula is C13H12FN3O2. The summed E-state index contributed by atoms with van der Waals surface area (Å²) in [6.45, 7) is 1.85. The van der Waals surface area contributed by atoms with Crippen molar-refractivity contribution in [3.63, 3.8) is 0 Å². The number of pyridine rings is 1. The van der Waals surface area contributed by atoms with Gasteiger partial charge >= 0.3 is 0 Å². The van der Waals surface area contributed by atoms with E-state index in [9.17, 15) is 14.5 Å². The van der Waals surface area contributed by atoms with Crippen LogP contribution in [-0.2, 0) is 0 Å². The Kier molecular flexibility index (Phi) is 3.70. The number of aromatic nitrogens is 1. The lowest BCUT2D eigenvalue weighted by molar-refractivity contribution is -0.384. The summed E-state index contributed by atoms with van der Waals surface area (Å²) in [6, 6.07) is 8.92. The molecular weight excluding hydrogens is 249 g/mol. The molecule has 6 heteroatoms. The van der Waals surface area contributed by atoms with Crippen molar-refractivity contribution in [1.82, 2.24) is 4.98 Å². The molecule has 1 aromatic heterocycles. The maximum absolute atomic E-state index is 12.8. The molecule has 0 fully saturated rings. The zero-order chi connectivity index (χ0) is 13.8. The van der Waals surface area contributed by atoms with E-state index >= 15 is 0 Å². The second-order valence-corrected chi connectivity index (χ2v) is 4.07. The molecule has 0 aliphatic rings. The van der Waals surface area contributed by atoms with E-state index in [1.165, 1.54) is 18.2 Å². The highest BCUT2D eigenvalue weighted by Gasteiger charge is 2.10. The van der Waals surface area contributed by atoms with E-state index in [0.29, 0.717) is 11.4 Å². The minimum atomic E-state index is -0.452. The first-order valence-corrected chi connectivity index (χ1v) is 5.68. The number of benzene rings is 1. The molecule has 0 bridgehead atoms. The van der Waals surface area contributed by atoms with Gasteiger partial charge < -0.3 is 5.32 Å². The molecule has 1 N–H and O–H groups in total. The Morgan fingerprint density at radius 2 is 2.16 bits per heavy atom. The topological polar surface area (TPSA) is 68.1 Å². The van der Waals surface area contributed by atoms with Crippen LogP contribution in [0.4, 0.5) is 15.8 Å². The van der Waals surface area contributed by atoms with E-state index in [1.54, 1.807) is 18.2 Å². The van der Waals surface area contributed by atoms with Crippen LogP contribution in [0.15, 0.2) is 42.6 Å². The third-order valence-electron chi connectivity index (χ3n) is 2.63. The molecule has 2 aromatic rings. The van der Waals surface area contributed by atoms with Gasteiger partial charge in [0.1, 0.15) is 5.82 Å². The Bertz CT molecular complexity index is 587. The van der Waals surface area contributed by atoms with E-state index in [2.05, 4.69) is 10.3 Å². The van der Waals surface area contributed by atoms with Crippen LogP contribution < -0.4 is 5.32 Å². The largest absolute Gasteiger partial charge is 0.377 e. The second kappa shape index (κ2) is 5.43. The fourth-order valence-electron chi connectivity index (χ4n) is 1.68. The third-order valence-corrected chi connectivity index (χ3v) is 2.63. The molecule has 0 saturated carbocycles. The van der Waals surface area contributed by atoms with Crippen LogP contribution in [-0.4, -0.2) is 9.91 Å². The van der Waals surface area contributed by atoms with Gasteiger partial charge in [0, 0.05) is 17.8 Å². The van der Waals surface area contributed by atoms with Crippen molar-refractivity contribution in [3.05, 3.63) is 64.2 Å². The Labute approximate surface area is 109 Å². The Morgan fingerprint density at radius 1 is 1.37 bits per heavy atom. The van der Waals surface area contributed by atoms with Crippen molar-refractivity contribution < 1.29 is 9.31 Å². The van der Waals surface area contributed by atoms with Gasteiger partial charge in [-0.05, 0) is 25.1 Å². The zero-order valence-corrected chi connectivity index (χ0v) is 10.2. The van der Waals surface area contributed by atoms with Crippen molar-refractivity contribution in [3.8, 4) is 0 Å². The molecule has 19 heavy (non-hydrogen) atoms. The summed E-state index contributed by atoms with van der Waals surface area (Å²) in [7, 11) is 0. The van der Waals surface area contributed by atoms with Crippen LogP contribution >= 0.6 is 0 Å². The highest BCUT2D eigenvalue weighted by Crippen LogP contribution is 2.21. The highest BCUT2D eigenvalue weighted by molar-refractivity contribution is 5.51. The average molecular weight is 261 g/mol. The van der Waals surface area contributed by atoms with Crippen molar-refractivity contribution >= 4 is 11.4 Å². The number of anilines is 1. The smallest absolute Gasteiger partial charge is 0.271 e. The first kappa shape index (κ1) is 12.9. The minimum Gasteiger partial charge on any atom is -0.377 e. The molecule has 0 spiro atoms. The zero-order valence-electron chi connectivity index (χ0n) is 10.2. The average Bonchev–Trinajstić information content (AvgIpc) is 2.39. The van der Waals surface area contributed by atoms with E-state index in [0.717, 1.165) is 6.20 Å². The van der Waals surface area contributed by atoms with Gasteiger partial charge in [-0.1, -0.05) is 6.07 Å². The summed E-state index contributed by atoms with van der Waals surface area (Å²) in [5.41, 5.74) is 1.30. The van der Waals surface area contributed by atoms with Gasteiger partial charge in [-0.15, -0.1) is 0 Å². The Hall–Kier alpha value is -2.50. The molecule has 0 amide bonds. The molecule has 2 rings (SSSR count). The van der Waals surface area contributed by atoms with Crippen molar-refractivity contribution in [2.24, 2.45) is 0 Å². The molecule has 1 aromatic carbocycles. The fraction of sp³-hybridized carbons (Fsp3) is 0.154. The predicted octanol–water partition coefficient (Wildman–Crippen LogP) is 3.30. The summed E-state index contributed by atoms with van der Waals surface area (Å²) in [4.78, 5) is 14.2. The van der Waals surface area contributed by atoms with E-state index in [-0.39, 0.29) is 11.7 Å². The van der Waals surface area contributed by atoms with Crippen LogP contribution in [0.1, 0.15) is 18.7 Å². The van der Waals surface area contributed by atoms with Crippen molar-refractivity contribution in [2.45, 2.75) is 13.0 Å². The molecule has 1 atom stereocenters. The maximum atomic E-state index is 12.8. The second-order valence-electron chi connectivity index (χ2n) is 4.07. The number of nitrogens with one attached hydrogen (secondary N) is 1. The minimum absolute atomic E-state index is 0.0178. The van der Waals surface area contributed by atoms with Crippen LogP contribution in [0, 0.1) is 15.9 Å². The normalized spacial score (nSPS) is 11.9. The van der Waals surface area contributed by atoms with Crippen LogP contribution in [0.5, 0.6) is 0 Å². The van der Waals surface area contributed by atoms with Crippen LogP contribution in [0.25, 0.3) is 0 Å². The summed E-state index contributed by atoms with van der Waals surface area (Å²) < 4.78 is 12.8. The van der Waals surface area contributed by atoms with Gasteiger partial charge in [-0.2, -0.15) is 0 Å². The van der Waals surface area contributed by atoms with Gasteiger partial charge in [0.25, 0.3) is 5.69 Å². The lowest BCUT2D eigenvalue weighted by Crippen LogP contribution is -2.08. The summed E-state index contributed by atoms with van der Waals surface area (Å²) in [6.07, 6.45) is 1.14.